The van der Waals surface area contributed by atoms with Gasteiger partial charge in [0, 0.05) is 5.02 Å². The highest BCUT2D eigenvalue weighted by Gasteiger charge is 2.44. The fourth-order valence-corrected chi connectivity index (χ4v) is 2.31. The molecule has 0 radical (unpaired) electrons. The van der Waals surface area contributed by atoms with Gasteiger partial charge in [0.2, 0.25) is 6.29 Å². The highest BCUT2D eigenvalue weighted by Crippen LogP contribution is 2.31. The van der Waals surface area contributed by atoms with Crippen LogP contribution in [0.5, 0.6) is 5.75 Å². The molecule has 1 aliphatic rings. The van der Waals surface area contributed by atoms with Crippen molar-refractivity contribution in [1.82, 2.24) is 0 Å². The molecular formula is C12H14Cl2O6. The molecule has 1 aromatic carbocycles. The molecule has 1 fully saturated rings. The van der Waals surface area contributed by atoms with Gasteiger partial charge in [-0.3, -0.25) is 0 Å². The maximum absolute atomic E-state index is 9.82. The molecule has 0 bridgehead atoms. The van der Waals surface area contributed by atoms with Crippen LogP contribution >= 0.6 is 23.2 Å². The van der Waals surface area contributed by atoms with Gasteiger partial charge in [0.25, 0.3) is 0 Å². The largest absolute Gasteiger partial charge is 0.460 e. The lowest BCUT2D eigenvalue weighted by molar-refractivity contribution is -0.277. The van der Waals surface area contributed by atoms with Crippen LogP contribution in [0.2, 0.25) is 10.0 Å². The van der Waals surface area contributed by atoms with Gasteiger partial charge in [-0.2, -0.15) is 0 Å². The summed E-state index contributed by atoms with van der Waals surface area (Å²) in [5.74, 6) is 0.195. The number of ether oxygens (including phenoxy) is 2. The Morgan fingerprint density at radius 3 is 2.40 bits per heavy atom. The lowest BCUT2D eigenvalue weighted by Crippen LogP contribution is -2.60. The second-order valence-electron chi connectivity index (χ2n) is 4.39. The molecule has 2 rings (SSSR count). The van der Waals surface area contributed by atoms with Crippen LogP contribution in [0.15, 0.2) is 18.2 Å². The zero-order valence-electron chi connectivity index (χ0n) is 10.2. The summed E-state index contributed by atoms with van der Waals surface area (Å²) >= 11 is 11.7. The van der Waals surface area contributed by atoms with Gasteiger partial charge in [-0.15, -0.1) is 0 Å². The number of aliphatic hydroxyl groups excluding tert-OH is 4. The second kappa shape index (κ2) is 6.44. The van der Waals surface area contributed by atoms with E-state index in [9.17, 15) is 15.3 Å². The van der Waals surface area contributed by atoms with Crippen molar-refractivity contribution in [3.05, 3.63) is 28.2 Å². The van der Waals surface area contributed by atoms with E-state index in [1.54, 1.807) is 0 Å². The first-order chi connectivity index (χ1) is 9.43. The van der Waals surface area contributed by atoms with E-state index >= 15 is 0 Å². The van der Waals surface area contributed by atoms with E-state index in [1.807, 2.05) is 0 Å². The smallest absolute Gasteiger partial charge is 0.229 e. The maximum atomic E-state index is 9.82. The van der Waals surface area contributed by atoms with Crippen LogP contribution in [0.4, 0.5) is 0 Å². The van der Waals surface area contributed by atoms with Crippen molar-refractivity contribution in [1.29, 1.82) is 0 Å². The minimum Gasteiger partial charge on any atom is -0.460 e. The molecule has 1 aliphatic heterocycles. The second-order valence-corrected chi connectivity index (χ2v) is 5.23. The Morgan fingerprint density at radius 1 is 1.10 bits per heavy atom. The standard InChI is InChI=1S/C12H14Cl2O6/c13-5-1-2-7(6(14)3-5)19-12-11(18)10(17)9(16)8(4-15)20-12/h1-3,8-12,15-18H,4H2/t8-,9+,10+,11-,12+/m0/s1. The molecule has 1 saturated heterocycles. The summed E-state index contributed by atoms with van der Waals surface area (Å²) in [5, 5.41) is 38.8. The lowest BCUT2D eigenvalue weighted by atomic mass is 9.99. The molecule has 0 aromatic heterocycles. The van der Waals surface area contributed by atoms with Crippen LogP contribution < -0.4 is 4.74 Å². The summed E-state index contributed by atoms with van der Waals surface area (Å²) < 4.78 is 10.6. The summed E-state index contributed by atoms with van der Waals surface area (Å²) in [6, 6.07) is 4.46. The van der Waals surface area contributed by atoms with Crippen molar-refractivity contribution in [2.75, 3.05) is 6.61 Å². The Balaban J connectivity index is 2.15. The fourth-order valence-electron chi connectivity index (χ4n) is 1.86. The van der Waals surface area contributed by atoms with Gasteiger partial charge >= 0.3 is 0 Å². The number of halogens is 2. The molecule has 1 heterocycles. The highest BCUT2D eigenvalue weighted by molar-refractivity contribution is 6.35. The van der Waals surface area contributed by atoms with Crippen LogP contribution in [-0.4, -0.2) is 57.7 Å². The van der Waals surface area contributed by atoms with Crippen molar-refractivity contribution in [2.24, 2.45) is 0 Å². The van der Waals surface area contributed by atoms with Crippen molar-refractivity contribution >= 4 is 23.2 Å². The summed E-state index contributed by atoms with van der Waals surface area (Å²) in [6.45, 7) is -0.529. The normalized spacial score (nSPS) is 34.0. The molecule has 20 heavy (non-hydrogen) atoms. The van der Waals surface area contributed by atoms with Crippen LogP contribution in [0, 0.1) is 0 Å². The van der Waals surface area contributed by atoms with Crippen LogP contribution in [0.3, 0.4) is 0 Å². The topological polar surface area (TPSA) is 99.4 Å². The van der Waals surface area contributed by atoms with Crippen molar-refractivity contribution < 1.29 is 29.9 Å². The van der Waals surface area contributed by atoms with E-state index in [2.05, 4.69) is 0 Å². The van der Waals surface area contributed by atoms with Crippen molar-refractivity contribution in [3.8, 4) is 5.75 Å². The van der Waals surface area contributed by atoms with E-state index in [0.717, 1.165) is 0 Å². The molecule has 0 saturated carbocycles. The lowest BCUT2D eigenvalue weighted by Gasteiger charge is -2.39. The number of rotatable bonds is 3. The molecule has 0 amide bonds. The highest BCUT2D eigenvalue weighted by atomic mass is 35.5. The monoisotopic (exact) mass is 324 g/mol. The first-order valence-corrected chi connectivity index (χ1v) is 6.62. The van der Waals surface area contributed by atoms with E-state index in [1.165, 1.54) is 18.2 Å². The van der Waals surface area contributed by atoms with Gasteiger partial charge in [-0.25, -0.2) is 0 Å². The number of hydrogen-bond donors (Lipinski definition) is 4. The maximum Gasteiger partial charge on any atom is 0.229 e. The molecule has 0 unspecified atom stereocenters. The van der Waals surface area contributed by atoms with Crippen LogP contribution in [-0.2, 0) is 4.74 Å². The fraction of sp³-hybridized carbons (Fsp3) is 0.500. The zero-order valence-corrected chi connectivity index (χ0v) is 11.7. The van der Waals surface area contributed by atoms with Gasteiger partial charge in [-0.05, 0) is 18.2 Å². The Morgan fingerprint density at radius 2 is 1.80 bits per heavy atom. The van der Waals surface area contributed by atoms with Gasteiger partial charge < -0.3 is 29.9 Å². The molecule has 112 valence electrons. The van der Waals surface area contributed by atoms with Gasteiger partial charge in [0.15, 0.2) is 0 Å². The summed E-state index contributed by atoms with van der Waals surface area (Å²) in [5.41, 5.74) is 0. The minimum atomic E-state index is -1.50. The predicted molar refractivity (Wildman–Crippen MR) is 70.9 cm³/mol. The van der Waals surface area contributed by atoms with E-state index in [4.69, 9.17) is 37.8 Å². The van der Waals surface area contributed by atoms with E-state index in [-0.39, 0.29) is 10.8 Å². The summed E-state index contributed by atoms with van der Waals surface area (Å²) in [6.07, 6.45) is -6.74. The first kappa shape index (κ1) is 15.8. The Kier molecular flexibility index (Phi) is 5.09. The van der Waals surface area contributed by atoms with Gasteiger partial charge in [0.1, 0.15) is 30.2 Å². The average molecular weight is 325 g/mol. The first-order valence-electron chi connectivity index (χ1n) is 5.86. The van der Waals surface area contributed by atoms with Crippen molar-refractivity contribution in [3.63, 3.8) is 0 Å². The molecule has 1 aromatic rings. The molecule has 8 heteroatoms. The number of aliphatic hydroxyl groups is 4. The van der Waals surface area contributed by atoms with Crippen LogP contribution in [0.25, 0.3) is 0 Å². The minimum absolute atomic E-state index is 0.195. The predicted octanol–water partition coefficient (Wildman–Crippen LogP) is 0.172. The number of benzene rings is 1. The molecular weight excluding hydrogens is 311 g/mol. The third-order valence-electron chi connectivity index (χ3n) is 2.99. The number of hydrogen-bond acceptors (Lipinski definition) is 6. The Labute approximate surface area is 125 Å². The Bertz CT molecular complexity index is 469. The third-order valence-corrected chi connectivity index (χ3v) is 3.52. The quantitative estimate of drug-likeness (QED) is 0.632. The van der Waals surface area contributed by atoms with Gasteiger partial charge in [0.05, 0.1) is 11.6 Å². The molecule has 6 nitrogen and oxygen atoms in total. The van der Waals surface area contributed by atoms with Crippen LogP contribution in [0.1, 0.15) is 0 Å². The third kappa shape index (κ3) is 3.17. The SMILES string of the molecule is OC[C@@H]1O[C@@H](Oc2ccc(Cl)cc2Cl)[C@@H](O)[C@H](O)[C@@H]1O. The van der Waals surface area contributed by atoms with E-state index < -0.39 is 37.3 Å². The average Bonchev–Trinajstić information content (AvgIpc) is 2.42. The Hall–Kier alpha value is -0.600. The molecule has 0 spiro atoms. The van der Waals surface area contributed by atoms with Crippen molar-refractivity contribution in [2.45, 2.75) is 30.7 Å². The summed E-state index contributed by atoms with van der Waals surface area (Å²) in [7, 11) is 0. The van der Waals surface area contributed by atoms with E-state index in [0.29, 0.717) is 5.02 Å². The molecule has 5 atom stereocenters. The molecule has 0 aliphatic carbocycles. The summed E-state index contributed by atoms with van der Waals surface area (Å²) in [4.78, 5) is 0. The molecule has 4 N–H and O–H groups in total. The van der Waals surface area contributed by atoms with Gasteiger partial charge in [-0.1, -0.05) is 23.2 Å². The zero-order chi connectivity index (χ0) is 14.9.